The number of nitrogens with zero attached hydrogens (tertiary/aromatic N) is 4. The van der Waals surface area contributed by atoms with E-state index < -0.39 is 10.0 Å². The molecule has 4 rings (SSSR count). The molecule has 1 aromatic carbocycles. The Morgan fingerprint density at radius 2 is 1.69 bits per heavy atom. The summed E-state index contributed by atoms with van der Waals surface area (Å²) in [6.45, 7) is 3.40. The van der Waals surface area contributed by atoms with Gasteiger partial charge in [-0.2, -0.15) is 4.31 Å². The molecule has 2 saturated heterocycles. The number of anilines is 1. The van der Waals surface area contributed by atoms with Crippen LogP contribution in [0.5, 0.6) is 0 Å². The zero-order valence-electron chi connectivity index (χ0n) is 16.0. The number of halogens is 1. The summed E-state index contributed by atoms with van der Waals surface area (Å²) < 4.78 is 27.2. The maximum absolute atomic E-state index is 13.1. The third kappa shape index (κ3) is 4.10. The van der Waals surface area contributed by atoms with Crippen LogP contribution in [0.4, 0.5) is 5.82 Å². The lowest BCUT2D eigenvalue weighted by atomic mass is 10.1. The van der Waals surface area contributed by atoms with E-state index in [1.807, 2.05) is 18.2 Å². The summed E-state index contributed by atoms with van der Waals surface area (Å²) in [6, 6.07) is 10.2. The second-order valence-corrected chi connectivity index (χ2v) is 9.57. The van der Waals surface area contributed by atoms with Gasteiger partial charge in [-0.1, -0.05) is 17.7 Å². The Kier molecular flexibility index (Phi) is 5.76. The average Bonchev–Trinajstić information content (AvgIpc) is 3.30. The number of hydrogen-bond donors (Lipinski definition) is 0. The highest BCUT2D eigenvalue weighted by atomic mass is 35.5. The molecule has 1 amide bonds. The summed E-state index contributed by atoms with van der Waals surface area (Å²) >= 11 is 6.27. The summed E-state index contributed by atoms with van der Waals surface area (Å²) in [7, 11) is -3.60. The molecule has 29 heavy (non-hydrogen) atoms. The Morgan fingerprint density at radius 3 is 2.34 bits per heavy atom. The predicted molar refractivity (Wildman–Crippen MR) is 112 cm³/mol. The number of benzene rings is 1. The van der Waals surface area contributed by atoms with Crippen molar-refractivity contribution in [3.05, 3.63) is 53.2 Å². The summed E-state index contributed by atoms with van der Waals surface area (Å²) in [5.41, 5.74) is 0.234. The van der Waals surface area contributed by atoms with Crippen LogP contribution in [0.25, 0.3) is 0 Å². The lowest BCUT2D eigenvalue weighted by Crippen LogP contribution is -2.49. The van der Waals surface area contributed by atoms with E-state index in [2.05, 4.69) is 9.88 Å². The minimum absolute atomic E-state index is 0.124. The van der Waals surface area contributed by atoms with Crippen LogP contribution in [0.1, 0.15) is 23.2 Å². The van der Waals surface area contributed by atoms with E-state index in [0.717, 1.165) is 18.7 Å². The van der Waals surface area contributed by atoms with E-state index >= 15 is 0 Å². The van der Waals surface area contributed by atoms with Crippen molar-refractivity contribution >= 4 is 33.3 Å². The van der Waals surface area contributed by atoms with Gasteiger partial charge in [0.1, 0.15) is 5.82 Å². The van der Waals surface area contributed by atoms with Crippen LogP contribution >= 0.6 is 11.6 Å². The third-order valence-corrected chi connectivity index (χ3v) is 7.64. The summed E-state index contributed by atoms with van der Waals surface area (Å²) in [4.78, 5) is 21.4. The largest absolute Gasteiger partial charge is 0.353 e. The summed E-state index contributed by atoms with van der Waals surface area (Å²) in [5, 5.41) is 0.266. The highest BCUT2D eigenvalue weighted by Crippen LogP contribution is 2.26. The van der Waals surface area contributed by atoms with Gasteiger partial charge in [0, 0.05) is 45.5 Å². The topological polar surface area (TPSA) is 73.8 Å². The van der Waals surface area contributed by atoms with Gasteiger partial charge in [0.25, 0.3) is 5.91 Å². The van der Waals surface area contributed by atoms with Crippen molar-refractivity contribution in [2.24, 2.45) is 0 Å². The van der Waals surface area contributed by atoms with Gasteiger partial charge in [-0.3, -0.25) is 4.79 Å². The maximum Gasteiger partial charge on any atom is 0.255 e. The lowest BCUT2D eigenvalue weighted by Gasteiger charge is -2.35. The Labute approximate surface area is 175 Å². The van der Waals surface area contributed by atoms with Crippen LogP contribution in [0, 0.1) is 0 Å². The van der Waals surface area contributed by atoms with E-state index in [-0.39, 0.29) is 21.4 Å². The fourth-order valence-corrected chi connectivity index (χ4v) is 5.50. The molecule has 0 radical (unpaired) electrons. The first-order valence-electron chi connectivity index (χ1n) is 9.72. The molecule has 2 aliphatic rings. The van der Waals surface area contributed by atoms with Gasteiger partial charge in [-0.05, 0) is 43.2 Å². The van der Waals surface area contributed by atoms with Gasteiger partial charge in [0.15, 0.2) is 0 Å². The third-order valence-electron chi connectivity index (χ3n) is 5.41. The molecule has 0 saturated carbocycles. The van der Waals surface area contributed by atoms with Crippen molar-refractivity contribution < 1.29 is 13.2 Å². The number of pyridine rings is 1. The van der Waals surface area contributed by atoms with E-state index in [4.69, 9.17) is 11.6 Å². The zero-order chi connectivity index (χ0) is 20.4. The number of rotatable bonds is 4. The Hall–Kier alpha value is -2.16. The number of amides is 1. The smallest absolute Gasteiger partial charge is 0.255 e. The fraction of sp³-hybridized carbons (Fsp3) is 0.400. The molecule has 0 N–H and O–H groups in total. The fourth-order valence-electron chi connectivity index (χ4n) is 3.76. The van der Waals surface area contributed by atoms with Crippen LogP contribution in [0.2, 0.25) is 5.02 Å². The van der Waals surface area contributed by atoms with Crippen LogP contribution in [-0.2, 0) is 10.0 Å². The predicted octanol–water partition coefficient (Wildman–Crippen LogP) is 2.48. The van der Waals surface area contributed by atoms with Crippen molar-refractivity contribution in [2.45, 2.75) is 17.7 Å². The molecule has 3 heterocycles. The molecule has 2 fully saturated rings. The molecule has 0 spiro atoms. The highest BCUT2D eigenvalue weighted by Gasteiger charge is 2.30. The molecular weight excluding hydrogens is 412 g/mol. The number of sulfonamides is 1. The number of carbonyl (C=O) groups excluding carboxylic acids is 1. The summed E-state index contributed by atoms with van der Waals surface area (Å²) in [5.74, 6) is 0.644. The number of carbonyl (C=O) groups is 1. The molecule has 2 aliphatic heterocycles. The molecule has 0 atom stereocenters. The highest BCUT2D eigenvalue weighted by molar-refractivity contribution is 7.89. The van der Waals surface area contributed by atoms with E-state index in [1.165, 1.54) is 22.5 Å². The van der Waals surface area contributed by atoms with Crippen molar-refractivity contribution in [3.63, 3.8) is 0 Å². The quantitative estimate of drug-likeness (QED) is 0.739. The van der Waals surface area contributed by atoms with Crippen molar-refractivity contribution in [1.82, 2.24) is 14.2 Å². The van der Waals surface area contributed by atoms with Crippen LogP contribution in [-0.4, -0.2) is 67.8 Å². The number of aromatic nitrogens is 1. The van der Waals surface area contributed by atoms with Gasteiger partial charge in [-0.15, -0.1) is 0 Å². The van der Waals surface area contributed by atoms with Gasteiger partial charge >= 0.3 is 0 Å². The van der Waals surface area contributed by atoms with Gasteiger partial charge in [-0.25, -0.2) is 13.4 Å². The minimum atomic E-state index is -3.60. The van der Waals surface area contributed by atoms with E-state index in [9.17, 15) is 13.2 Å². The molecular formula is C20H23ClN4O3S. The van der Waals surface area contributed by atoms with E-state index in [0.29, 0.717) is 39.3 Å². The van der Waals surface area contributed by atoms with Crippen LogP contribution in [0.15, 0.2) is 47.5 Å². The molecule has 0 bridgehead atoms. The first kappa shape index (κ1) is 20.1. The SMILES string of the molecule is O=C(c1cc(S(=O)(=O)N2CCCC2)ccc1Cl)N1CCN(c2ccccn2)CC1. The monoisotopic (exact) mass is 434 g/mol. The van der Waals surface area contributed by atoms with Gasteiger partial charge in [0.2, 0.25) is 10.0 Å². The minimum Gasteiger partial charge on any atom is -0.353 e. The average molecular weight is 435 g/mol. The Morgan fingerprint density at radius 1 is 0.966 bits per heavy atom. The van der Waals surface area contributed by atoms with E-state index in [1.54, 1.807) is 11.1 Å². The second kappa shape index (κ2) is 8.30. The first-order chi connectivity index (χ1) is 14.0. The first-order valence-corrected chi connectivity index (χ1v) is 11.5. The standard InChI is InChI=1S/C20H23ClN4O3S/c21-18-7-6-16(29(27,28)25-9-3-4-10-25)15-17(18)20(26)24-13-11-23(12-14-24)19-5-1-2-8-22-19/h1-2,5-8,15H,3-4,9-14H2. The number of piperazine rings is 1. The molecule has 0 aliphatic carbocycles. The van der Waals surface area contributed by atoms with Crippen molar-refractivity contribution in [3.8, 4) is 0 Å². The molecule has 154 valence electrons. The van der Waals surface area contributed by atoms with Crippen LogP contribution in [0.3, 0.4) is 0 Å². The summed E-state index contributed by atoms with van der Waals surface area (Å²) in [6.07, 6.45) is 3.47. The lowest BCUT2D eigenvalue weighted by molar-refractivity contribution is 0.0746. The molecule has 2 aromatic rings. The van der Waals surface area contributed by atoms with Gasteiger partial charge < -0.3 is 9.80 Å². The van der Waals surface area contributed by atoms with Crippen LogP contribution < -0.4 is 4.90 Å². The van der Waals surface area contributed by atoms with Gasteiger partial charge in [0.05, 0.1) is 15.5 Å². The zero-order valence-corrected chi connectivity index (χ0v) is 17.6. The normalized spacial score (nSPS) is 18.2. The molecule has 7 nitrogen and oxygen atoms in total. The number of hydrogen-bond acceptors (Lipinski definition) is 5. The molecule has 0 unspecified atom stereocenters. The second-order valence-electron chi connectivity index (χ2n) is 7.22. The molecule has 9 heteroatoms. The maximum atomic E-state index is 13.1. The van der Waals surface area contributed by atoms with Crippen molar-refractivity contribution in [1.29, 1.82) is 0 Å². The van der Waals surface area contributed by atoms with Crippen molar-refractivity contribution in [2.75, 3.05) is 44.2 Å². The Balaban J connectivity index is 1.50. The molecule has 1 aromatic heterocycles. The Bertz CT molecular complexity index is 986.